The summed E-state index contributed by atoms with van der Waals surface area (Å²) in [5, 5.41) is 3.49. The molecule has 1 saturated carbocycles. The van der Waals surface area contributed by atoms with Crippen LogP contribution in [0.2, 0.25) is 0 Å². The first kappa shape index (κ1) is 9.75. The molecule has 3 rings (SSSR count). The molecule has 2 fully saturated rings. The van der Waals surface area contributed by atoms with Gasteiger partial charge in [-0.3, -0.25) is 0 Å². The summed E-state index contributed by atoms with van der Waals surface area (Å²) in [5.41, 5.74) is 7.14. The summed E-state index contributed by atoms with van der Waals surface area (Å²) in [6.07, 6.45) is 4.01. The van der Waals surface area contributed by atoms with Crippen molar-refractivity contribution in [1.29, 1.82) is 0 Å². The van der Waals surface area contributed by atoms with Crippen molar-refractivity contribution in [3.63, 3.8) is 0 Å². The number of nitrogens with zero attached hydrogens (tertiary/aromatic N) is 1. The van der Waals surface area contributed by atoms with Crippen LogP contribution >= 0.6 is 11.3 Å². The van der Waals surface area contributed by atoms with E-state index in [1.165, 1.54) is 24.3 Å². The first-order valence-electron chi connectivity index (χ1n) is 5.63. The van der Waals surface area contributed by atoms with Gasteiger partial charge in [-0.25, -0.2) is 4.98 Å². The van der Waals surface area contributed by atoms with E-state index in [0.29, 0.717) is 12.5 Å². The average molecular weight is 224 g/mol. The molecule has 15 heavy (non-hydrogen) atoms. The lowest BCUT2D eigenvalue weighted by atomic mass is 9.86. The fraction of sp³-hybridized carbons (Fsp3) is 0.727. The molecule has 1 aromatic rings. The Hall–Kier alpha value is -0.450. The Bertz CT molecular complexity index is 348. The maximum absolute atomic E-state index is 5.98. The van der Waals surface area contributed by atoms with Crippen molar-refractivity contribution in [2.24, 2.45) is 5.73 Å². The zero-order valence-electron chi connectivity index (χ0n) is 8.69. The van der Waals surface area contributed by atoms with Gasteiger partial charge in [0.1, 0.15) is 0 Å². The quantitative estimate of drug-likeness (QED) is 0.834. The van der Waals surface area contributed by atoms with Crippen LogP contribution in [-0.2, 0) is 4.74 Å². The maximum Gasteiger partial charge on any atom is 0.0959 e. The van der Waals surface area contributed by atoms with Crippen LogP contribution in [0.25, 0.3) is 0 Å². The topological polar surface area (TPSA) is 48.1 Å². The molecule has 3 nitrogen and oxygen atoms in total. The van der Waals surface area contributed by atoms with Crippen LogP contribution in [0.15, 0.2) is 5.38 Å². The Labute approximate surface area is 93.7 Å². The van der Waals surface area contributed by atoms with Gasteiger partial charge in [0.15, 0.2) is 0 Å². The van der Waals surface area contributed by atoms with Crippen LogP contribution in [0.5, 0.6) is 0 Å². The summed E-state index contributed by atoms with van der Waals surface area (Å²) in [6.45, 7) is 1.43. The molecule has 0 radical (unpaired) electrons. The molecule has 2 aliphatic rings. The fourth-order valence-electron chi connectivity index (χ4n) is 2.19. The molecule has 2 N–H and O–H groups in total. The van der Waals surface area contributed by atoms with Gasteiger partial charge < -0.3 is 10.5 Å². The van der Waals surface area contributed by atoms with Crippen LogP contribution in [0, 0.1) is 0 Å². The Kier molecular flexibility index (Phi) is 2.50. The second kappa shape index (κ2) is 3.85. The molecule has 4 heteroatoms. The summed E-state index contributed by atoms with van der Waals surface area (Å²) in [5.74, 6) is 1.07. The number of hydrogen-bond donors (Lipinski definition) is 1. The van der Waals surface area contributed by atoms with E-state index < -0.39 is 0 Å². The number of aromatic nitrogens is 1. The minimum Gasteiger partial charge on any atom is -0.379 e. The van der Waals surface area contributed by atoms with E-state index in [2.05, 4.69) is 5.38 Å². The minimum atomic E-state index is 0.140. The van der Waals surface area contributed by atoms with Gasteiger partial charge in [0.2, 0.25) is 0 Å². The molecule has 0 aromatic carbocycles. The second-order valence-electron chi connectivity index (χ2n) is 4.55. The van der Waals surface area contributed by atoms with Gasteiger partial charge in [0, 0.05) is 23.3 Å². The monoisotopic (exact) mass is 224 g/mol. The molecule has 2 atom stereocenters. The van der Waals surface area contributed by atoms with E-state index in [-0.39, 0.29) is 6.04 Å². The lowest BCUT2D eigenvalue weighted by molar-refractivity contribution is 0.190. The predicted octanol–water partition coefficient (Wildman–Crippen LogP) is 1.85. The predicted molar refractivity (Wildman–Crippen MR) is 60.2 cm³/mol. The zero-order chi connectivity index (χ0) is 10.3. The highest BCUT2D eigenvalue weighted by Crippen LogP contribution is 2.39. The van der Waals surface area contributed by atoms with Gasteiger partial charge in [0.25, 0.3) is 0 Å². The highest BCUT2D eigenvalue weighted by molar-refractivity contribution is 7.09. The third-order valence-corrected chi connectivity index (χ3v) is 4.52. The molecule has 0 amide bonds. The van der Waals surface area contributed by atoms with Crippen molar-refractivity contribution in [3.8, 4) is 0 Å². The zero-order valence-corrected chi connectivity index (χ0v) is 9.50. The highest BCUT2D eigenvalue weighted by Gasteiger charge is 2.30. The third-order valence-electron chi connectivity index (χ3n) is 3.50. The number of hydrogen-bond acceptors (Lipinski definition) is 4. The van der Waals surface area contributed by atoms with Crippen LogP contribution in [0.4, 0.5) is 0 Å². The van der Waals surface area contributed by atoms with E-state index in [9.17, 15) is 0 Å². The van der Waals surface area contributed by atoms with Crippen molar-refractivity contribution in [3.05, 3.63) is 16.1 Å². The summed E-state index contributed by atoms with van der Waals surface area (Å²) < 4.78 is 5.37. The van der Waals surface area contributed by atoms with Crippen LogP contribution < -0.4 is 5.73 Å². The van der Waals surface area contributed by atoms with E-state index >= 15 is 0 Å². The van der Waals surface area contributed by atoms with Gasteiger partial charge >= 0.3 is 0 Å². The van der Waals surface area contributed by atoms with Crippen molar-refractivity contribution in [2.75, 3.05) is 13.2 Å². The second-order valence-corrected chi connectivity index (χ2v) is 5.44. The Balaban J connectivity index is 1.77. The summed E-state index contributed by atoms with van der Waals surface area (Å²) >= 11 is 1.80. The molecular formula is C11H16N2OS. The summed E-state index contributed by atoms with van der Waals surface area (Å²) in [6, 6.07) is 0.140. The lowest BCUT2D eigenvalue weighted by Crippen LogP contribution is -2.27. The smallest absolute Gasteiger partial charge is 0.0959 e. The van der Waals surface area contributed by atoms with Crippen molar-refractivity contribution >= 4 is 11.3 Å². The van der Waals surface area contributed by atoms with Gasteiger partial charge in [-0.1, -0.05) is 6.42 Å². The SMILES string of the molecule is NC1COCC1c1csc(C2CCC2)n1. The Morgan fingerprint density at radius 1 is 1.40 bits per heavy atom. The van der Waals surface area contributed by atoms with Crippen LogP contribution in [-0.4, -0.2) is 24.2 Å². The lowest BCUT2D eigenvalue weighted by Gasteiger charge is -2.22. The van der Waals surface area contributed by atoms with Crippen LogP contribution in [0.3, 0.4) is 0 Å². The maximum atomic E-state index is 5.98. The Morgan fingerprint density at radius 2 is 2.27 bits per heavy atom. The Morgan fingerprint density at radius 3 is 2.87 bits per heavy atom. The number of nitrogens with two attached hydrogens (primary N) is 1. The fourth-order valence-corrected chi connectivity index (χ4v) is 3.24. The third kappa shape index (κ3) is 1.71. The van der Waals surface area contributed by atoms with E-state index in [1.807, 2.05) is 0 Å². The van der Waals surface area contributed by atoms with Crippen molar-refractivity contribution < 1.29 is 4.74 Å². The summed E-state index contributed by atoms with van der Waals surface area (Å²) in [4.78, 5) is 4.72. The molecule has 1 aliphatic heterocycles. The van der Waals surface area contributed by atoms with Gasteiger partial charge in [-0.2, -0.15) is 0 Å². The molecule has 0 bridgehead atoms. The molecule has 1 aliphatic carbocycles. The molecule has 1 saturated heterocycles. The van der Waals surface area contributed by atoms with Gasteiger partial charge in [0.05, 0.1) is 23.9 Å². The van der Waals surface area contributed by atoms with Crippen LogP contribution in [0.1, 0.15) is 41.8 Å². The number of rotatable bonds is 2. The number of thiazole rings is 1. The summed E-state index contributed by atoms with van der Waals surface area (Å²) in [7, 11) is 0. The highest BCUT2D eigenvalue weighted by atomic mass is 32.1. The minimum absolute atomic E-state index is 0.140. The molecule has 2 unspecified atom stereocenters. The van der Waals surface area contributed by atoms with E-state index in [0.717, 1.165) is 18.2 Å². The molecule has 82 valence electrons. The molecule has 1 aromatic heterocycles. The normalized spacial score (nSPS) is 31.8. The average Bonchev–Trinajstić information content (AvgIpc) is 2.70. The van der Waals surface area contributed by atoms with Gasteiger partial charge in [-0.15, -0.1) is 11.3 Å². The first-order chi connectivity index (χ1) is 7.34. The largest absolute Gasteiger partial charge is 0.379 e. The molecular weight excluding hydrogens is 208 g/mol. The number of ether oxygens (including phenoxy) is 1. The molecule has 0 spiro atoms. The van der Waals surface area contributed by atoms with Crippen molar-refractivity contribution in [1.82, 2.24) is 4.98 Å². The van der Waals surface area contributed by atoms with Gasteiger partial charge in [-0.05, 0) is 12.8 Å². The van der Waals surface area contributed by atoms with E-state index in [1.54, 1.807) is 11.3 Å². The van der Waals surface area contributed by atoms with Crippen molar-refractivity contribution in [2.45, 2.75) is 37.1 Å². The first-order valence-corrected chi connectivity index (χ1v) is 6.51. The van der Waals surface area contributed by atoms with E-state index in [4.69, 9.17) is 15.5 Å². The standard InChI is InChI=1S/C11H16N2OS/c12-9-5-14-4-8(9)10-6-15-11(13-10)7-2-1-3-7/h6-9H,1-5,12H2. The molecule has 2 heterocycles.